The molecule has 0 aliphatic carbocycles. The van der Waals surface area contributed by atoms with Crippen LogP contribution >= 0.6 is 0 Å². The second-order valence-electron chi connectivity index (χ2n) is 2.55. The molecule has 58 valence electrons. The SMILES string of the molecule is C=CCN(C(C)=O)C(C)C. The van der Waals surface area contributed by atoms with Gasteiger partial charge < -0.3 is 4.90 Å². The van der Waals surface area contributed by atoms with Gasteiger partial charge in [0, 0.05) is 19.5 Å². The van der Waals surface area contributed by atoms with Gasteiger partial charge in [-0.3, -0.25) is 4.79 Å². The average Bonchev–Trinajstić information content (AvgIpc) is 1.81. The molecule has 0 saturated heterocycles. The lowest BCUT2D eigenvalue weighted by Gasteiger charge is -2.23. The topological polar surface area (TPSA) is 20.3 Å². The molecule has 0 rings (SSSR count). The number of hydrogen-bond donors (Lipinski definition) is 0. The van der Waals surface area contributed by atoms with Crippen LogP contribution in [0.15, 0.2) is 12.7 Å². The summed E-state index contributed by atoms with van der Waals surface area (Å²) in [4.78, 5) is 12.6. The van der Waals surface area contributed by atoms with E-state index in [9.17, 15) is 4.79 Å². The second-order valence-corrected chi connectivity index (χ2v) is 2.55. The average molecular weight is 141 g/mol. The van der Waals surface area contributed by atoms with E-state index in [0.717, 1.165) is 0 Å². The fourth-order valence-electron chi connectivity index (χ4n) is 0.842. The van der Waals surface area contributed by atoms with Crippen molar-refractivity contribution in [1.82, 2.24) is 4.90 Å². The summed E-state index contributed by atoms with van der Waals surface area (Å²) in [5, 5.41) is 0. The summed E-state index contributed by atoms with van der Waals surface area (Å²) < 4.78 is 0. The predicted octanol–water partition coefficient (Wildman–Crippen LogP) is 1.43. The highest BCUT2D eigenvalue weighted by atomic mass is 16.2. The van der Waals surface area contributed by atoms with Crippen LogP contribution in [0.1, 0.15) is 20.8 Å². The number of nitrogens with zero attached hydrogens (tertiary/aromatic N) is 1. The van der Waals surface area contributed by atoms with Crippen LogP contribution in [-0.4, -0.2) is 23.4 Å². The number of carbonyl (C=O) groups excluding carboxylic acids is 1. The van der Waals surface area contributed by atoms with Gasteiger partial charge in [-0.2, -0.15) is 0 Å². The third-order valence-corrected chi connectivity index (χ3v) is 1.35. The molecule has 0 radical (unpaired) electrons. The quantitative estimate of drug-likeness (QED) is 0.544. The fourth-order valence-corrected chi connectivity index (χ4v) is 0.842. The molecule has 0 fully saturated rings. The summed E-state index contributed by atoms with van der Waals surface area (Å²) >= 11 is 0. The van der Waals surface area contributed by atoms with Crippen molar-refractivity contribution in [3.8, 4) is 0 Å². The van der Waals surface area contributed by atoms with E-state index in [1.807, 2.05) is 13.8 Å². The Labute approximate surface area is 62.5 Å². The van der Waals surface area contributed by atoms with E-state index in [-0.39, 0.29) is 11.9 Å². The Bertz CT molecular complexity index is 129. The Hall–Kier alpha value is -0.790. The summed E-state index contributed by atoms with van der Waals surface area (Å²) in [6.07, 6.45) is 1.74. The molecule has 0 heterocycles. The molecule has 2 nitrogen and oxygen atoms in total. The van der Waals surface area contributed by atoms with Gasteiger partial charge in [0.1, 0.15) is 0 Å². The molecular formula is C8H15NO. The lowest BCUT2D eigenvalue weighted by atomic mass is 10.3. The molecule has 0 N–H and O–H groups in total. The van der Waals surface area contributed by atoms with Crippen LogP contribution in [0.2, 0.25) is 0 Å². The normalized spacial score (nSPS) is 9.60. The molecular weight excluding hydrogens is 126 g/mol. The van der Waals surface area contributed by atoms with Crippen molar-refractivity contribution in [3.05, 3.63) is 12.7 Å². The Morgan fingerprint density at radius 3 is 2.30 bits per heavy atom. The van der Waals surface area contributed by atoms with Gasteiger partial charge in [-0.25, -0.2) is 0 Å². The maximum Gasteiger partial charge on any atom is 0.219 e. The zero-order chi connectivity index (χ0) is 8.15. The van der Waals surface area contributed by atoms with Gasteiger partial charge in [0.05, 0.1) is 0 Å². The molecule has 2 heteroatoms. The number of carbonyl (C=O) groups is 1. The van der Waals surface area contributed by atoms with Crippen LogP contribution in [-0.2, 0) is 4.79 Å². The Balaban J connectivity index is 3.97. The first-order valence-corrected chi connectivity index (χ1v) is 3.47. The highest BCUT2D eigenvalue weighted by Gasteiger charge is 2.08. The smallest absolute Gasteiger partial charge is 0.219 e. The van der Waals surface area contributed by atoms with Crippen LogP contribution in [0.3, 0.4) is 0 Å². The number of hydrogen-bond acceptors (Lipinski definition) is 1. The summed E-state index contributed by atoms with van der Waals surface area (Å²) in [5.74, 6) is 0.106. The molecule has 10 heavy (non-hydrogen) atoms. The molecule has 0 aromatic rings. The summed E-state index contributed by atoms with van der Waals surface area (Å²) in [7, 11) is 0. The fraction of sp³-hybridized carbons (Fsp3) is 0.625. The van der Waals surface area contributed by atoms with Crippen molar-refractivity contribution < 1.29 is 4.79 Å². The molecule has 0 aromatic heterocycles. The maximum absolute atomic E-state index is 10.9. The summed E-state index contributed by atoms with van der Waals surface area (Å²) in [5.41, 5.74) is 0. The van der Waals surface area contributed by atoms with Crippen LogP contribution in [0.25, 0.3) is 0 Å². The van der Waals surface area contributed by atoms with Gasteiger partial charge >= 0.3 is 0 Å². The first-order valence-electron chi connectivity index (χ1n) is 3.47. The van der Waals surface area contributed by atoms with Crippen molar-refractivity contribution in [2.45, 2.75) is 26.8 Å². The first kappa shape index (κ1) is 9.21. The minimum Gasteiger partial charge on any atom is -0.337 e. The van der Waals surface area contributed by atoms with Crippen molar-refractivity contribution in [1.29, 1.82) is 0 Å². The monoisotopic (exact) mass is 141 g/mol. The molecule has 0 bridgehead atoms. The van der Waals surface area contributed by atoms with Crippen LogP contribution < -0.4 is 0 Å². The lowest BCUT2D eigenvalue weighted by molar-refractivity contribution is -0.129. The minimum atomic E-state index is 0.106. The summed E-state index contributed by atoms with van der Waals surface area (Å²) in [6.45, 7) is 9.77. The molecule has 1 amide bonds. The summed E-state index contributed by atoms with van der Waals surface area (Å²) in [6, 6.07) is 0.274. The molecule has 0 aromatic carbocycles. The first-order chi connectivity index (χ1) is 4.59. The van der Waals surface area contributed by atoms with Crippen molar-refractivity contribution in [2.24, 2.45) is 0 Å². The van der Waals surface area contributed by atoms with Gasteiger partial charge in [0.25, 0.3) is 0 Å². The van der Waals surface area contributed by atoms with Crippen LogP contribution in [0.5, 0.6) is 0 Å². The second kappa shape index (κ2) is 4.09. The highest BCUT2D eigenvalue weighted by molar-refractivity contribution is 5.73. The van der Waals surface area contributed by atoms with E-state index >= 15 is 0 Å². The molecule has 0 atom stereocenters. The third kappa shape index (κ3) is 2.67. The van der Waals surface area contributed by atoms with E-state index < -0.39 is 0 Å². The van der Waals surface area contributed by atoms with E-state index in [1.165, 1.54) is 0 Å². The third-order valence-electron chi connectivity index (χ3n) is 1.35. The molecule has 0 spiro atoms. The number of rotatable bonds is 3. The predicted molar refractivity (Wildman–Crippen MR) is 42.7 cm³/mol. The Kier molecular flexibility index (Phi) is 3.77. The zero-order valence-corrected chi connectivity index (χ0v) is 6.92. The molecule has 0 saturated carbocycles. The number of amides is 1. The van der Waals surface area contributed by atoms with Crippen molar-refractivity contribution in [3.63, 3.8) is 0 Å². The Morgan fingerprint density at radius 2 is 2.20 bits per heavy atom. The van der Waals surface area contributed by atoms with E-state index in [1.54, 1.807) is 17.9 Å². The van der Waals surface area contributed by atoms with Crippen molar-refractivity contribution in [2.75, 3.05) is 6.54 Å². The van der Waals surface area contributed by atoms with E-state index in [2.05, 4.69) is 6.58 Å². The Morgan fingerprint density at radius 1 is 1.70 bits per heavy atom. The zero-order valence-electron chi connectivity index (χ0n) is 6.92. The molecule has 0 aliphatic heterocycles. The van der Waals surface area contributed by atoms with E-state index in [4.69, 9.17) is 0 Å². The van der Waals surface area contributed by atoms with Gasteiger partial charge in [-0.15, -0.1) is 6.58 Å². The van der Waals surface area contributed by atoms with Crippen LogP contribution in [0, 0.1) is 0 Å². The maximum atomic E-state index is 10.9. The van der Waals surface area contributed by atoms with Crippen molar-refractivity contribution >= 4 is 5.91 Å². The van der Waals surface area contributed by atoms with Crippen LogP contribution in [0.4, 0.5) is 0 Å². The van der Waals surface area contributed by atoms with Gasteiger partial charge in [0.15, 0.2) is 0 Å². The van der Waals surface area contributed by atoms with Gasteiger partial charge in [-0.1, -0.05) is 6.08 Å². The highest BCUT2D eigenvalue weighted by Crippen LogP contribution is 1.97. The van der Waals surface area contributed by atoms with Gasteiger partial charge in [-0.05, 0) is 13.8 Å². The largest absolute Gasteiger partial charge is 0.337 e. The standard InChI is InChI=1S/C8H15NO/c1-5-6-9(7(2)3)8(4)10/h5,7H,1,6H2,2-4H3. The molecule has 0 aliphatic rings. The van der Waals surface area contributed by atoms with Gasteiger partial charge in [0.2, 0.25) is 5.91 Å². The minimum absolute atomic E-state index is 0.106. The lowest BCUT2D eigenvalue weighted by Crippen LogP contribution is -2.35. The molecule has 0 unspecified atom stereocenters. The van der Waals surface area contributed by atoms with E-state index in [0.29, 0.717) is 6.54 Å².